The molecule has 0 unspecified atom stereocenters. The Labute approximate surface area is 148 Å². The molecule has 1 aliphatic rings. The van der Waals surface area contributed by atoms with E-state index in [2.05, 4.69) is 10.3 Å². The molecule has 3 rings (SSSR count). The van der Waals surface area contributed by atoms with Gasteiger partial charge in [0.25, 0.3) is 6.43 Å². The predicted octanol–water partition coefficient (Wildman–Crippen LogP) is 4.25. The van der Waals surface area contributed by atoms with Gasteiger partial charge >= 0.3 is 0 Å². The Balaban J connectivity index is 1.94. The van der Waals surface area contributed by atoms with Crippen molar-refractivity contribution in [2.75, 3.05) is 5.32 Å². The van der Waals surface area contributed by atoms with E-state index >= 15 is 0 Å². The van der Waals surface area contributed by atoms with Crippen LogP contribution in [0.1, 0.15) is 30.4 Å². The fourth-order valence-corrected chi connectivity index (χ4v) is 2.91. The maximum atomic E-state index is 14.2. The van der Waals surface area contributed by atoms with E-state index in [1.165, 1.54) is 12.1 Å². The topological polar surface area (TPSA) is 24.9 Å². The minimum atomic E-state index is -2.84. The second-order valence-corrected chi connectivity index (χ2v) is 6.08. The van der Waals surface area contributed by atoms with Gasteiger partial charge in [0.2, 0.25) is 0 Å². The van der Waals surface area contributed by atoms with Crippen molar-refractivity contribution >= 4 is 29.4 Å². The van der Waals surface area contributed by atoms with Gasteiger partial charge in [-0.1, -0.05) is 42.0 Å². The Morgan fingerprint density at radius 2 is 1.96 bits per heavy atom. The van der Waals surface area contributed by atoms with Gasteiger partial charge in [-0.25, -0.2) is 13.2 Å². The zero-order valence-corrected chi connectivity index (χ0v) is 14.0. The molecule has 0 radical (unpaired) electrons. The lowest BCUT2D eigenvalue weighted by atomic mass is 10.1. The molecule has 2 aromatic rings. The normalized spacial score (nSPS) is 18.7. The van der Waals surface area contributed by atoms with Gasteiger partial charge in [0.1, 0.15) is 5.82 Å². The molecule has 0 aliphatic heterocycles. The first-order valence-electron chi connectivity index (χ1n) is 7.88. The van der Waals surface area contributed by atoms with Crippen LogP contribution >= 0.6 is 11.6 Å². The van der Waals surface area contributed by atoms with E-state index < -0.39 is 17.8 Å². The number of allylic oxidation sites excluding steroid dienone is 2. The highest BCUT2D eigenvalue weighted by Crippen LogP contribution is 2.24. The van der Waals surface area contributed by atoms with E-state index in [9.17, 15) is 13.2 Å². The number of hydrogen-bond acceptors (Lipinski definition) is 2. The summed E-state index contributed by atoms with van der Waals surface area (Å²) < 4.78 is 39.8. The highest BCUT2D eigenvalue weighted by Gasteiger charge is 2.15. The van der Waals surface area contributed by atoms with Crippen molar-refractivity contribution in [2.45, 2.75) is 25.8 Å². The van der Waals surface area contributed by atoms with Crippen LogP contribution in [0.15, 0.2) is 41.6 Å². The fourth-order valence-electron chi connectivity index (χ4n) is 2.69. The third kappa shape index (κ3) is 4.04. The first-order chi connectivity index (χ1) is 12.1. The number of pyridine rings is 1. The Morgan fingerprint density at radius 3 is 2.76 bits per heavy atom. The lowest BCUT2D eigenvalue weighted by molar-refractivity contribution is 0.146. The summed E-state index contributed by atoms with van der Waals surface area (Å²) in [6, 6.07) is 5.77. The minimum Gasteiger partial charge on any atom is -0.380 e. The van der Waals surface area contributed by atoms with Crippen LogP contribution in [0.25, 0.3) is 12.2 Å². The van der Waals surface area contributed by atoms with Gasteiger partial charge in [0.15, 0.2) is 0 Å². The molecule has 25 heavy (non-hydrogen) atoms. The zero-order chi connectivity index (χ0) is 17.8. The third-order valence-electron chi connectivity index (χ3n) is 3.96. The lowest BCUT2D eigenvalue weighted by Gasteiger charge is -2.11. The van der Waals surface area contributed by atoms with Gasteiger partial charge in [-0.2, -0.15) is 0 Å². The monoisotopic (exact) mass is 364 g/mol. The summed E-state index contributed by atoms with van der Waals surface area (Å²) >= 11 is 6.18. The summed E-state index contributed by atoms with van der Waals surface area (Å²) in [4.78, 5) is 4.34. The van der Waals surface area contributed by atoms with Crippen molar-refractivity contribution in [3.63, 3.8) is 0 Å². The quantitative estimate of drug-likeness (QED) is 0.877. The van der Waals surface area contributed by atoms with E-state index in [4.69, 9.17) is 11.6 Å². The smallest absolute Gasteiger partial charge is 0.266 e. The molecule has 1 N–H and O–H groups in total. The van der Waals surface area contributed by atoms with Crippen LogP contribution in [0.4, 0.5) is 18.9 Å². The molecule has 1 heterocycles. The van der Waals surface area contributed by atoms with Crippen molar-refractivity contribution < 1.29 is 13.2 Å². The number of rotatable bonds is 4. The highest BCUT2D eigenvalue weighted by molar-refractivity contribution is 6.34. The third-order valence-corrected chi connectivity index (χ3v) is 4.22. The van der Waals surface area contributed by atoms with Gasteiger partial charge in [-0.15, -0.1) is 0 Å². The summed E-state index contributed by atoms with van der Waals surface area (Å²) in [5.41, 5.74) is 0.312. The van der Waals surface area contributed by atoms with Crippen LogP contribution in [0.3, 0.4) is 0 Å². The molecule has 0 saturated carbocycles. The van der Waals surface area contributed by atoms with E-state index in [1.54, 1.807) is 18.3 Å². The SMILES string of the molecule is Fc1c(CNc2ccnc3/c2=C\C(Cl)=C/CC/C=3)cccc1C(F)F. The van der Waals surface area contributed by atoms with Crippen molar-refractivity contribution in [2.24, 2.45) is 0 Å². The Kier molecular flexibility index (Phi) is 5.43. The number of fused-ring (bicyclic) bond motifs is 1. The number of anilines is 1. The number of nitrogens with zero attached hydrogens (tertiary/aromatic N) is 1. The molecule has 0 atom stereocenters. The van der Waals surface area contributed by atoms with E-state index in [-0.39, 0.29) is 12.1 Å². The molecule has 130 valence electrons. The van der Waals surface area contributed by atoms with Gasteiger partial charge < -0.3 is 5.32 Å². The average molecular weight is 365 g/mol. The summed E-state index contributed by atoms with van der Waals surface area (Å²) in [6.07, 6.45) is 6.19. The molecule has 1 aliphatic carbocycles. The van der Waals surface area contributed by atoms with Gasteiger partial charge in [-0.3, -0.25) is 4.98 Å². The molecule has 0 fully saturated rings. The van der Waals surface area contributed by atoms with Crippen molar-refractivity contribution in [1.29, 1.82) is 0 Å². The first-order valence-corrected chi connectivity index (χ1v) is 8.26. The maximum absolute atomic E-state index is 14.2. The van der Waals surface area contributed by atoms with Crippen LogP contribution < -0.4 is 15.9 Å². The molecule has 2 nitrogen and oxygen atoms in total. The number of aromatic nitrogens is 1. The molecule has 0 bridgehead atoms. The van der Waals surface area contributed by atoms with Crippen molar-refractivity contribution in [1.82, 2.24) is 4.98 Å². The predicted molar refractivity (Wildman–Crippen MR) is 94.3 cm³/mol. The number of benzene rings is 1. The van der Waals surface area contributed by atoms with E-state index in [0.29, 0.717) is 5.03 Å². The van der Waals surface area contributed by atoms with Crippen molar-refractivity contribution in [3.05, 3.63) is 69.1 Å². The van der Waals surface area contributed by atoms with Gasteiger partial charge in [0, 0.05) is 34.2 Å². The lowest BCUT2D eigenvalue weighted by Crippen LogP contribution is -2.31. The zero-order valence-electron chi connectivity index (χ0n) is 13.3. The van der Waals surface area contributed by atoms with Crippen LogP contribution in [-0.2, 0) is 6.54 Å². The number of hydrogen-bond donors (Lipinski definition) is 1. The molecule has 0 spiro atoms. The van der Waals surface area contributed by atoms with Crippen molar-refractivity contribution in [3.8, 4) is 0 Å². The maximum Gasteiger partial charge on any atom is 0.266 e. The van der Waals surface area contributed by atoms with Crippen LogP contribution in [-0.4, -0.2) is 4.98 Å². The molecular formula is C19H16ClF3N2. The summed E-state index contributed by atoms with van der Waals surface area (Å²) in [6.45, 7) is 0.0814. The molecule has 1 aromatic carbocycles. The first kappa shape index (κ1) is 17.5. The van der Waals surface area contributed by atoms with E-state index in [0.717, 1.165) is 35.2 Å². The molecule has 6 heteroatoms. The Hall–Kier alpha value is -2.27. The molecule has 0 amide bonds. The second-order valence-electron chi connectivity index (χ2n) is 5.65. The molecule has 0 saturated heterocycles. The van der Waals surface area contributed by atoms with Crippen LogP contribution in [0.5, 0.6) is 0 Å². The van der Waals surface area contributed by atoms with Gasteiger partial charge in [-0.05, 0) is 25.0 Å². The average Bonchev–Trinajstić information content (AvgIpc) is 2.57. The summed E-state index contributed by atoms with van der Waals surface area (Å²) in [7, 11) is 0. The van der Waals surface area contributed by atoms with Gasteiger partial charge in [0.05, 0.1) is 10.9 Å². The highest BCUT2D eigenvalue weighted by atomic mass is 35.5. The summed E-state index contributed by atoms with van der Waals surface area (Å²) in [5.74, 6) is -0.879. The fraction of sp³-hybridized carbons (Fsp3) is 0.211. The molecular weight excluding hydrogens is 349 g/mol. The Bertz CT molecular complexity index is 923. The largest absolute Gasteiger partial charge is 0.380 e. The number of nitrogens with one attached hydrogen (secondary N) is 1. The number of halogens is 4. The standard InChI is InChI=1S/C19H16ClF3N2/c20-13-5-1-2-7-16-15(10-13)17(8-9-24-16)25-11-12-4-3-6-14(18(12)21)19(22)23/h3-10,19,25H,1-2,11H2/b13-5+,15-10+,16-7-. The van der Waals surface area contributed by atoms with E-state index in [1.807, 2.05) is 12.2 Å². The van der Waals surface area contributed by atoms with Crippen LogP contribution in [0.2, 0.25) is 0 Å². The second kappa shape index (κ2) is 7.74. The number of alkyl halides is 2. The van der Waals surface area contributed by atoms with Crippen LogP contribution in [0, 0.1) is 5.82 Å². The minimum absolute atomic E-state index is 0.0814. The molecule has 1 aromatic heterocycles. The Morgan fingerprint density at radius 1 is 1.16 bits per heavy atom. The summed E-state index contributed by atoms with van der Waals surface area (Å²) in [5, 5.41) is 5.30.